The summed E-state index contributed by atoms with van der Waals surface area (Å²) in [4.78, 5) is 0. The van der Waals surface area contributed by atoms with E-state index in [0.29, 0.717) is 5.92 Å². The van der Waals surface area contributed by atoms with Crippen molar-refractivity contribution in [3.63, 3.8) is 0 Å². The lowest BCUT2D eigenvalue weighted by atomic mass is 9.87. The highest BCUT2D eigenvalue weighted by atomic mass is 16.4. The molecule has 2 rings (SSSR count). The highest BCUT2D eigenvalue weighted by molar-refractivity contribution is 6.03. The summed E-state index contributed by atoms with van der Waals surface area (Å²) in [5.41, 5.74) is 1.75. The molecular weight excluding hydrogens is 190 g/mol. The van der Waals surface area contributed by atoms with Gasteiger partial charge in [0.15, 0.2) is 0 Å². The minimum atomic E-state index is 0.328. The van der Waals surface area contributed by atoms with Crippen LogP contribution in [0, 0.1) is 12.8 Å². The Morgan fingerprint density at radius 2 is 2.13 bits per heavy atom. The van der Waals surface area contributed by atoms with E-state index in [1.807, 2.05) is 26.8 Å². The van der Waals surface area contributed by atoms with Crippen molar-refractivity contribution >= 4 is 5.71 Å². The number of furan rings is 1. The number of oxime groups is 1. The Morgan fingerprint density at radius 3 is 2.73 bits per heavy atom. The third kappa shape index (κ3) is 2.22. The fraction of sp³-hybridized carbons (Fsp3) is 0.583. The number of hydrogen-bond acceptors (Lipinski definition) is 3. The van der Waals surface area contributed by atoms with E-state index >= 15 is 0 Å². The second-order valence-electron chi connectivity index (χ2n) is 3.62. The molecule has 0 saturated carbocycles. The van der Waals surface area contributed by atoms with Gasteiger partial charge in [0.05, 0.1) is 5.71 Å². The van der Waals surface area contributed by atoms with Gasteiger partial charge in [0.2, 0.25) is 0 Å². The second kappa shape index (κ2) is 5.01. The van der Waals surface area contributed by atoms with E-state index in [2.05, 4.69) is 12.1 Å². The smallest absolute Gasteiger partial charge is 0.113 e. The lowest BCUT2D eigenvalue weighted by Gasteiger charge is -2.17. The summed E-state index contributed by atoms with van der Waals surface area (Å²) < 4.78 is 5.49. The number of nitrogens with zero attached hydrogens (tertiary/aromatic N) is 1. The summed E-state index contributed by atoms with van der Waals surface area (Å²) in [5.74, 6) is 2.18. The number of hydrogen-bond donors (Lipinski definition) is 1. The zero-order valence-electron chi connectivity index (χ0n) is 9.87. The van der Waals surface area contributed by atoms with Gasteiger partial charge >= 0.3 is 0 Å². The van der Waals surface area contributed by atoms with Gasteiger partial charge in [-0.1, -0.05) is 25.9 Å². The van der Waals surface area contributed by atoms with Gasteiger partial charge < -0.3 is 9.62 Å². The molecule has 1 N–H and O–H groups in total. The summed E-state index contributed by atoms with van der Waals surface area (Å²) in [7, 11) is 0. The van der Waals surface area contributed by atoms with Crippen LogP contribution in [0.5, 0.6) is 0 Å². The summed E-state index contributed by atoms with van der Waals surface area (Å²) in [5, 5.41) is 12.2. The van der Waals surface area contributed by atoms with Crippen LogP contribution in [0.15, 0.2) is 15.6 Å². The van der Waals surface area contributed by atoms with Crippen LogP contribution in [-0.2, 0) is 6.42 Å². The third-order valence-electron chi connectivity index (χ3n) is 2.59. The van der Waals surface area contributed by atoms with Crippen LogP contribution in [0.3, 0.4) is 0 Å². The fourth-order valence-corrected chi connectivity index (χ4v) is 1.87. The molecule has 3 nitrogen and oxygen atoms in total. The average Bonchev–Trinajstić information content (AvgIpc) is 2.61. The molecule has 15 heavy (non-hydrogen) atoms. The van der Waals surface area contributed by atoms with E-state index in [0.717, 1.165) is 35.6 Å². The van der Waals surface area contributed by atoms with Crippen molar-refractivity contribution < 1.29 is 9.62 Å². The molecule has 0 aliphatic heterocycles. The highest BCUT2D eigenvalue weighted by Crippen LogP contribution is 2.28. The molecule has 1 unspecified atom stereocenters. The fourth-order valence-electron chi connectivity index (χ4n) is 1.87. The quantitative estimate of drug-likeness (QED) is 0.526. The molecule has 0 saturated heterocycles. The summed E-state index contributed by atoms with van der Waals surface area (Å²) >= 11 is 0. The van der Waals surface area contributed by atoms with Crippen LogP contribution in [0.25, 0.3) is 0 Å². The average molecular weight is 209 g/mol. The molecule has 84 valence electrons. The zero-order valence-corrected chi connectivity index (χ0v) is 9.87. The van der Waals surface area contributed by atoms with Crippen molar-refractivity contribution in [1.29, 1.82) is 0 Å². The molecule has 1 heterocycles. The van der Waals surface area contributed by atoms with E-state index in [-0.39, 0.29) is 0 Å². The van der Waals surface area contributed by atoms with Crippen LogP contribution in [0.1, 0.15) is 44.3 Å². The molecule has 0 radical (unpaired) electrons. The minimum Gasteiger partial charge on any atom is -0.466 e. The Hall–Kier alpha value is -1.25. The normalized spacial score (nSPS) is 21.9. The first-order chi connectivity index (χ1) is 7.22. The first-order valence-electron chi connectivity index (χ1n) is 5.54. The van der Waals surface area contributed by atoms with Crippen LogP contribution >= 0.6 is 0 Å². The summed E-state index contributed by atoms with van der Waals surface area (Å²) in [6.45, 7) is 7.98. The first kappa shape index (κ1) is 11.8. The summed E-state index contributed by atoms with van der Waals surface area (Å²) in [6, 6.07) is 1.94. The standard InChI is InChI=1S/C10H13NO2.C2H6/c1-6-3-4-9-8(10(6)11-12)5-7(2)13-9;1-2/h5-6,12H,3-4H2,1-2H3;1-2H3/b11-10-;. The van der Waals surface area contributed by atoms with E-state index in [1.165, 1.54) is 0 Å². The van der Waals surface area contributed by atoms with Gasteiger partial charge in [-0.25, -0.2) is 0 Å². The zero-order chi connectivity index (χ0) is 11.4. The summed E-state index contributed by atoms with van der Waals surface area (Å²) in [6.07, 6.45) is 1.95. The first-order valence-corrected chi connectivity index (χ1v) is 5.54. The highest BCUT2D eigenvalue weighted by Gasteiger charge is 2.25. The predicted octanol–water partition coefficient (Wildman–Crippen LogP) is 3.37. The lowest BCUT2D eigenvalue weighted by molar-refractivity contribution is 0.313. The van der Waals surface area contributed by atoms with Crippen molar-refractivity contribution in [3.8, 4) is 0 Å². The third-order valence-corrected chi connectivity index (χ3v) is 2.59. The Kier molecular flexibility index (Phi) is 3.95. The van der Waals surface area contributed by atoms with E-state index in [1.54, 1.807) is 0 Å². The van der Waals surface area contributed by atoms with Crippen molar-refractivity contribution in [3.05, 3.63) is 23.2 Å². The number of rotatable bonds is 0. The molecule has 1 aromatic heterocycles. The predicted molar refractivity (Wildman–Crippen MR) is 60.6 cm³/mol. The Bertz CT molecular complexity index is 353. The SMILES string of the molecule is CC.Cc1cc2c(o1)CCC(C)/C2=N/O. The van der Waals surface area contributed by atoms with E-state index in [4.69, 9.17) is 9.62 Å². The molecule has 0 bridgehead atoms. The molecule has 1 atom stereocenters. The lowest BCUT2D eigenvalue weighted by Crippen LogP contribution is -2.19. The van der Waals surface area contributed by atoms with Crippen molar-refractivity contribution in [2.45, 2.75) is 40.5 Å². The molecule has 1 aromatic rings. The van der Waals surface area contributed by atoms with Gasteiger partial charge in [0.25, 0.3) is 0 Å². The molecule has 0 amide bonds. The monoisotopic (exact) mass is 209 g/mol. The van der Waals surface area contributed by atoms with Gasteiger partial charge in [-0.3, -0.25) is 0 Å². The van der Waals surface area contributed by atoms with Crippen molar-refractivity contribution in [1.82, 2.24) is 0 Å². The topological polar surface area (TPSA) is 45.7 Å². The molecule has 0 aromatic carbocycles. The van der Waals surface area contributed by atoms with Crippen molar-refractivity contribution in [2.75, 3.05) is 0 Å². The van der Waals surface area contributed by atoms with Gasteiger partial charge in [-0.15, -0.1) is 0 Å². The molecule has 1 aliphatic rings. The maximum atomic E-state index is 8.86. The molecule has 3 heteroatoms. The van der Waals surface area contributed by atoms with Crippen LogP contribution in [-0.4, -0.2) is 10.9 Å². The second-order valence-corrected chi connectivity index (χ2v) is 3.62. The maximum absolute atomic E-state index is 8.86. The molecular formula is C12H19NO2. The number of aryl methyl sites for hydroxylation is 2. The van der Waals surface area contributed by atoms with Crippen LogP contribution < -0.4 is 0 Å². The largest absolute Gasteiger partial charge is 0.466 e. The maximum Gasteiger partial charge on any atom is 0.113 e. The van der Waals surface area contributed by atoms with Crippen molar-refractivity contribution in [2.24, 2.45) is 11.1 Å². The molecule has 0 fully saturated rings. The minimum absolute atomic E-state index is 0.328. The number of fused-ring (bicyclic) bond motifs is 1. The van der Waals surface area contributed by atoms with Gasteiger partial charge in [0.1, 0.15) is 11.5 Å². The van der Waals surface area contributed by atoms with E-state index in [9.17, 15) is 0 Å². The Morgan fingerprint density at radius 1 is 1.47 bits per heavy atom. The molecule has 1 aliphatic carbocycles. The van der Waals surface area contributed by atoms with E-state index < -0.39 is 0 Å². The Balaban J connectivity index is 0.000000531. The van der Waals surface area contributed by atoms with Gasteiger partial charge in [-0.05, 0) is 19.4 Å². The molecule has 0 spiro atoms. The Labute approximate surface area is 90.8 Å². The van der Waals surface area contributed by atoms with Crippen LogP contribution in [0.2, 0.25) is 0 Å². The van der Waals surface area contributed by atoms with Gasteiger partial charge in [0, 0.05) is 17.9 Å². The van der Waals surface area contributed by atoms with Gasteiger partial charge in [-0.2, -0.15) is 0 Å². The van der Waals surface area contributed by atoms with Crippen LogP contribution in [0.4, 0.5) is 0 Å².